The third-order valence-corrected chi connectivity index (χ3v) is 8.04. The Kier molecular flexibility index (Phi) is 2.98. The van der Waals surface area contributed by atoms with Gasteiger partial charge in [0.15, 0.2) is 11.6 Å². The second-order valence-electron chi connectivity index (χ2n) is 8.84. The van der Waals surface area contributed by atoms with E-state index in [4.69, 9.17) is 0 Å². The number of allylic oxidation sites excluding steroid dienone is 4. The minimum atomic E-state index is -0.467. The fourth-order valence-corrected chi connectivity index (χ4v) is 7.11. The highest BCUT2D eigenvalue weighted by Crippen LogP contribution is 2.73. The highest BCUT2D eigenvalue weighted by Gasteiger charge is 2.75. The summed E-state index contributed by atoms with van der Waals surface area (Å²) in [6.07, 6.45) is 6.41. The lowest BCUT2D eigenvalue weighted by Crippen LogP contribution is -2.66. The number of ketones is 2. The molecule has 1 spiro atoms. The zero-order valence-electron chi connectivity index (χ0n) is 15.0. The summed E-state index contributed by atoms with van der Waals surface area (Å²) >= 11 is 0. The second-order valence-corrected chi connectivity index (χ2v) is 8.84. The number of carbonyl (C=O) groups is 2. The largest absolute Gasteiger partial charge is 0.294 e. The van der Waals surface area contributed by atoms with Crippen molar-refractivity contribution in [3.63, 3.8) is 0 Å². The molecule has 4 rings (SSSR count). The molecule has 0 aliphatic heterocycles. The normalized spacial score (nSPS) is 49.0. The molecule has 4 aliphatic rings. The van der Waals surface area contributed by atoms with E-state index in [0.29, 0.717) is 29.3 Å². The molecular formula is C21H28O2. The Morgan fingerprint density at radius 1 is 1.00 bits per heavy atom. The van der Waals surface area contributed by atoms with E-state index in [1.165, 1.54) is 5.57 Å². The monoisotopic (exact) mass is 312 g/mol. The second kappa shape index (κ2) is 4.46. The van der Waals surface area contributed by atoms with E-state index in [2.05, 4.69) is 26.8 Å². The smallest absolute Gasteiger partial charge is 0.167 e. The highest BCUT2D eigenvalue weighted by molar-refractivity contribution is 6.18. The molecule has 0 aromatic carbocycles. The van der Waals surface area contributed by atoms with Crippen molar-refractivity contribution in [3.05, 3.63) is 22.8 Å². The quantitative estimate of drug-likeness (QED) is 0.617. The third kappa shape index (κ3) is 1.43. The minimum absolute atomic E-state index is 0.262. The fraction of sp³-hybridized carbons (Fsp3) is 0.714. The lowest BCUT2D eigenvalue weighted by atomic mass is 9.37. The predicted octanol–water partition coefficient (Wildman–Crippen LogP) is 4.50. The molecule has 0 radical (unpaired) electrons. The van der Waals surface area contributed by atoms with Gasteiger partial charge < -0.3 is 0 Å². The van der Waals surface area contributed by atoms with Gasteiger partial charge in [-0.05, 0) is 81.3 Å². The van der Waals surface area contributed by atoms with Crippen molar-refractivity contribution in [2.24, 2.45) is 34.5 Å². The van der Waals surface area contributed by atoms with Crippen molar-refractivity contribution < 1.29 is 9.59 Å². The topological polar surface area (TPSA) is 34.1 Å². The summed E-state index contributed by atoms with van der Waals surface area (Å²) in [7, 11) is 0. The SMILES string of the molecule is CC1=C[C@@H]2C[C@H](C)[C@H]3CC[C@H](C)[C@]4(C1)C(=O)C(C)=C(C)C(=O)[C@]234. The zero-order chi connectivity index (χ0) is 16.7. The van der Waals surface area contributed by atoms with Crippen LogP contribution in [0.1, 0.15) is 60.3 Å². The van der Waals surface area contributed by atoms with Gasteiger partial charge in [0, 0.05) is 0 Å². The van der Waals surface area contributed by atoms with E-state index in [9.17, 15) is 9.59 Å². The van der Waals surface area contributed by atoms with Crippen LogP contribution in [0.2, 0.25) is 0 Å². The maximum Gasteiger partial charge on any atom is 0.167 e. The summed E-state index contributed by atoms with van der Waals surface area (Å²) in [5, 5.41) is 0. The Morgan fingerprint density at radius 3 is 2.35 bits per heavy atom. The standard InChI is InChI=1S/C21H28O2/c1-11-8-16-9-12(2)17-7-6-13(3)20(10-11)18(22)14(4)15(5)19(23)21(16,17)20/h8,12-13,16-17H,6-7,9-10H2,1-5H3/t12-,13-,16+,17+,20+,21-/m0/s1. The first-order valence-electron chi connectivity index (χ1n) is 9.22. The van der Waals surface area contributed by atoms with Crippen molar-refractivity contribution >= 4 is 11.6 Å². The molecule has 23 heavy (non-hydrogen) atoms. The molecule has 0 unspecified atom stereocenters. The van der Waals surface area contributed by atoms with Gasteiger partial charge >= 0.3 is 0 Å². The molecule has 0 aromatic heterocycles. The summed E-state index contributed by atoms with van der Waals surface area (Å²) in [6.45, 7) is 10.5. The van der Waals surface area contributed by atoms with Crippen LogP contribution in [0.25, 0.3) is 0 Å². The maximum atomic E-state index is 13.7. The summed E-state index contributed by atoms with van der Waals surface area (Å²) in [5.41, 5.74) is 1.90. The molecule has 2 fully saturated rings. The summed E-state index contributed by atoms with van der Waals surface area (Å²) in [5.74, 6) is 2.08. The molecule has 6 atom stereocenters. The van der Waals surface area contributed by atoms with E-state index in [-0.39, 0.29) is 5.92 Å². The van der Waals surface area contributed by atoms with Gasteiger partial charge in [-0.2, -0.15) is 0 Å². The van der Waals surface area contributed by atoms with Crippen LogP contribution < -0.4 is 0 Å². The molecule has 2 heteroatoms. The first kappa shape index (κ1) is 15.4. The number of Topliss-reactive ketones (excluding diaryl/α,β-unsaturated/α-hetero) is 2. The molecule has 0 heterocycles. The average Bonchev–Trinajstić information content (AvgIpc) is 2.79. The Hall–Kier alpha value is -1.18. The minimum Gasteiger partial charge on any atom is -0.294 e. The number of rotatable bonds is 0. The van der Waals surface area contributed by atoms with Crippen molar-refractivity contribution in [1.82, 2.24) is 0 Å². The molecule has 0 N–H and O–H groups in total. The van der Waals surface area contributed by atoms with E-state index in [0.717, 1.165) is 36.8 Å². The van der Waals surface area contributed by atoms with Gasteiger partial charge in [-0.25, -0.2) is 0 Å². The Morgan fingerprint density at radius 2 is 1.65 bits per heavy atom. The number of hydrogen-bond donors (Lipinski definition) is 0. The Balaban J connectivity index is 2.10. The third-order valence-electron chi connectivity index (χ3n) is 8.04. The Labute approximate surface area is 139 Å². The lowest BCUT2D eigenvalue weighted by molar-refractivity contribution is -0.171. The van der Waals surface area contributed by atoms with Gasteiger partial charge in [0.2, 0.25) is 0 Å². The van der Waals surface area contributed by atoms with Crippen molar-refractivity contribution in [3.8, 4) is 0 Å². The maximum absolute atomic E-state index is 13.7. The van der Waals surface area contributed by atoms with Crippen LogP contribution in [0.4, 0.5) is 0 Å². The lowest BCUT2D eigenvalue weighted by Gasteiger charge is -2.62. The molecule has 2 nitrogen and oxygen atoms in total. The van der Waals surface area contributed by atoms with Gasteiger partial charge in [-0.1, -0.05) is 25.5 Å². The average molecular weight is 312 g/mol. The van der Waals surface area contributed by atoms with Crippen LogP contribution in [0.15, 0.2) is 22.8 Å². The highest BCUT2D eigenvalue weighted by atomic mass is 16.1. The van der Waals surface area contributed by atoms with Crippen molar-refractivity contribution in [2.45, 2.75) is 60.3 Å². The van der Waals surface area contributed by atoms with Crippen molar-refractivity contribution in [2.75, 3.05) is 0 Å². The van der Waals surface area contributed by atoms with Crippen LogP contribution in [0.3, 0.4) is 0 Å². The Bertz CT molecular complexity index is 682. The first-order valence-corrected chi connectivity index (χ1v) is 9.22. The zero-order valence-corrected chi connectivity index (χ0v) is 15.0. The molecule has 0 aromatic rings. The molecular weight excluding hydrogens is 284 g/mol. The molecule has 0 bridgehead atoms. The van der Waals surface area contributed by atoms with Crippen LogP contribution in [-0.2, 0) is 9.59 Å². The van der Waals surface area contributed by atoms with Gasteiger partial charge in [0.05, 0.1) is 10.8 Å². The van der Waals surface area contributed by atoms with E-state index in [1.807, 2.05) is 13.8 Å². The molecule has 2 saturated carbocycles. The van der Waals surface area contributed by atoms with Crippen LogP contribution in [0, 0.1) is 34.5 Å². The fourth-order valence-electron chi connectivity index (χ4n) is 7.11. The number of carbonyl (C=O) groups excluding carboxylic acids is 2. The van der Waals surface area contributed by atoms with Crippen LogP contribution >= 0.6 is 0 Å². The van der Waals surface area contributed by atoms with E-state index >= 15 is 0 Å². The van der Waals surface area contributed by atoms with Gasteiger partial charge in [0.25, 0.3) is 0 Å². The molecule has 124 valence electrons. The van der Waals surface area contributed by atoms with Gasteiger partial charge in [-0.15, -0.1) is 0 Å². The van der Waals surface area contributed by atoms with Crippen LogP contribution in [-0.4, -0.2) is 11.6 Å². The van der Waals surface area contributed by atoms with Gasteiger partial charge in [-0.3, -0.25) is 9.59 Å². The summed E-state index contributed by atoms with van der Waals surface area (Å²) in [6, 6.07) is 0. The van der Waals surface area contributed by atoms with E-state index < -0.39 is 10.8 Å². The molecule has 0 saturated heterocycles. The number of hydrogen-bond acceptors (Lipinski definition) is 2. The molecule has 0 amide bonds. The molecule has 4 aliphatic carbocycles. The van der Waals surface area contributed by atoms with Crippen molar-refractivity contribution in [1.29, 1.82) is 0 Å². The predicted molar refractivity (Wildman–Crippen MR) is 90.8 cm³/mol. The summed E-state index contributed by atoms with van der Waals surface area (Å²) in [4.78, 5) is 27.3. The van der Waals surface area contributed by atoms with Gasteiger partial charge in [0.1, 0.15) is 0 Å². The summed E-state index contributed by atoms with van der Waals surface area (Å²) < 4.78 is 0. The van der Waals surface area contributed by atoms with Crippen LogP contribution in [0.5, 0.6) is 0 Å². The first-order chi connectivity index (χ1) is 10.8. The van der Waals surface area contributed by atoms with E-state index in [1.54, 1.807) is 0 Å².